The van der Waals surface area contributed by atoms with Crippen LogP contribution in [0.15, 0.2) is 23.8 Å². The van der Waals surface area contributed by atoms with Gasteiger partial charge in [-0.3, -0.25) is 0 Å². The van der Waals surface area contributed by atoms with E-state index < -0.39 is 0 Å². The summed E-state index contributed by atoms with van der Waals surface area (Å²) >= 11 is 0. The van der Waals surface area contributed by atoms with Gasteiger partial charge in [-0.2, -0.15) is 0 Å². The molecule has 1 nitrogen and oxygen atoms in total. The fraction of sp³-hybridized carbons (Fsp3) is 0.333. The SMILES string of the molecule is CC1=C(CCO)c2cc(F)ccc2C1. The fourth-order valence-corrected chi connectivity index (χ4v) is 2.07. The van der Waals surface area contributed by atoms with E-state index in [2.05, 4.69) is 0 Å². The minimum Gasteiger partial charge on any atom is -0.396 e. The molecule has 74 valence electrons. The maximum atomic E-state index is 13.0. The molecule has 0 saturated carbocycles. The molecule has 0 fully saturated rings. The minimum atomic E-state index is -0.200. The van der Waals surface area contributed by atoms with E-state index in [1.165, 1.54) is 17.2 Å². The smallest absolute Gasteiger partial charge is 0.123 e. The highest BCUT2D eigenvalue weighted by molar-refractivity contribution is 5.76. The van der Waals surface area contributed by atoms with E-state index in [1.54, 1.807) is 6.07 Å². The maximum Gasteiger partial charge on any atom is 0.123 e. The normalized spacial score (nSPS) is 14.8. The van der Waals surface area contributed by atoms with Gasteiger partial charge in [0, 0.05) is 6.61 Å². The lowest BCUT2D eigenvalue weighted by molar-refractivity contribution is 0.305. The first-order chi connectivity index (χ1) is 6.72. The van der Waals surface area contributed by atoms with Gasteiger partial charge in [-0.15, -0.1) is 0 Å². The van der Waals surface area contributed by atoms with Crippen molar-refractivity contribution in [3.05, 3.63) is 40.7 Å². The van der Waals surface area contributed by atoms with Crippen molar-refractivity contribution in [3.8, 4) is 0 Å². The summed E-state index contributed by atoms with van der Waals surface area (Å²) in [6, 6.07) is 4.89. The molecule has 0 heterocycles. The van der Waals surface area contributed by atoms with Crippen molar-refractivity contribution in [2.24, 2.45) is 0 Å². The molecule has 2 heteroatoms. The summed E-state index contributed by atoms with van der Waals surface area (Å²) in [6.07, 6.45) is 1.52. The van der Waals surface area contributed by atoms with Gasteiger partial charge >= 0.3 is 0 Å². The molecule has 0 radical (unpaired) electrons. The summed E-state index contributed by atoms with van der Waals surface area (Å²) in [7, 11) is 0. The van der Waals surface area contributed by atoms with Crippen LogP contribution in [0.25, 0.3) is 5.57 Å². The fourth-order valence-electron chi connectivity index (χ4n) is 2.07. The van der Waals surface area contributed by atoms with Crippen LogP contribution < -0.4 is 0 Å². The van der Waals surface area contributed by atoms with Gasteiger partial charge in [0.1, 0.15) is 5.82 Å². The van der Waals surface area contributed by atoms with Gasteiger partial charge in [0.15, 0.2) is 0 Å². The second-order valence-corrected chi connectivity index (χ2v) is 3.71. The minimum absolute atomic E-state index is 0.128. The van der Waals surface area contributed by atoms with Crippen LogP contribution in [-0.2, 0) is 6.42 Å². The molecular weight excluding hydrogens is 179 g/mol. The van der Waals surface area contributed by atoms with E-state index in [0.717, 1.165) is 17.6 Å². The van der Waals surface area contributed by atoms with Gasteiger partial charge in [0.25, 0.3) is 0 Å². The van der Waals surface area contributed by atoms with E-state index in [9.17, 15) is 4.39 Å². The Hall–Kier alpha value is -1.15. The Kier molecular flexibility index (Phi) is 2.38. The largest absolute Gasteiger partial charge is 0.396 e. The Morgan fingerprint density at radius 2 is 2.21 bits per heavy atom. The molecule has 0 spiro atoms. The average Bonchev–Trinajstić information content (AvgIpc) is 2.45. The first-order valence-electron chi connectivity index (χ1n) is 4.80. The number of hydrogen-bond acceptors (Lipinski definition) is 1. The third kappa shape index (κ3) is 1.46. The number of fused-ring (bicyclic) bond motifs is 1. The van der Waals surface area contributed by atoms with Crippen molar-refractivity contribution in [2.45, 2.75) is 19.8 Å². The molecule has 0 amide bonds. The monoisotopic (exact) mass is 192 g/mol. The summed E-state index contributed by atoms with van der Waals surface area (Å²) < 4.78 is 13.0. The van der Waals surface area contributed by atoms with Crippen LogP contribution in [0.4, 0.5) is 4.39 Å². The molecule has 1 aromatic carbocycles. The van der Waals surface area contributed by atoms with Crippen molar-refractivity contribution in [1.82, 2.24) is 0 Å². The lowest BCUT2D eigenvalue weighted by atomic mass is 10.0. The molecular formula is C12H13FO. The first-order valence-corrected chi connectivity index (χ1v) is 4.80. The molecule has 1 aliphatic carbocycles. The summed E-state index contributed by atoms with van der Waals surface area (Å²) in [5.41, 5.74) is 4.52. The quantitative estimate of drug-likeness (QED) is 0.763. The van der Waals surface area contributed by atoms with Crippen LogP contribution >= 0.6 is 0 Å². The van der Waals surface area contributed by atoms with Crippen molar-refractivity contribution in [3.63, 3.8) is 0 Å². The Labute approximate surface area is 82.9 Å². The van der Waals surface area contributed by atoms with Crippen LogP contribution in [0.1, 0.15) is 24.5 Å². The van der Waals surface area contributed by atoms with Crippen LogP contribution in [-0.4, -0.2) is 11.7 Å². The molecule has 14 heavy (non-hydrogen) atoms. The molecule has 1 N–H and O–H groups in total. The van der Waals surface area contributed by atoms with Crippen molar-refractivity contribution >= 4 is 5.57 Å². The topological polar surface area (TPSA) is 20.2 Å². The summed E-state index contributed by atoms with van der Waals surface area (Å²) in [5, 5.41) is 8.91. The summed E-state index contributed by atoms with van der Waals surface area (Å²) in [5.74, 6) is -0.200. The lowest BCUT2D eigenvalue weighted by Gasteiger charge is -2.04. The van der Waals surface area contributed by atoms with Gasteiger partial charge in [-0.25, -0.2) is 4.39 Å². The number of allylic oxidation sites excluding steroid dienone is 1. The molecule has 1 aromatic rings. The number of aliphatic hydroxyl groups is 1. The third-order valence-corrected chi connectivity index (χ3v) is 2.73. The average molecular weight is 192 g/mol. The number of rotatable bonds is 2. The first kappa shape index (κ1) is 9.41. The molecule has 0 aliphatic heterocycles. The third-order valence-electron chi connectivity index (χ3n) is 2.73. The molecule has 0 atom stereocenters. The highest BCUT2D eigenvalue weighted by Crippen LogP contribution is 2.34. The van der Waals surface area contributed by atoms with Crippen LogP contribution in [0.3, 0.4) is 0 Å². The maximum absolute atomic E-state index is 13.0. The number of halogens is 1. The summed E-state index contributed by atoms with van der Waals surface area (Å²) in [6.45, 7) is 2.17. The van der Waals surface area contributed by atoms with Gasteiger partial charge in [-0.05, 0) is 48.6 Å². The van der Waals surface area contributed by atoms with Gasteiger partial charge in [0.05, 0.1) is 0 Å². The van der Waals surface area contributed by atoms with E-state index in [0.29, 0.717) is 6.42 Å². The van der Waals surface area contributed by atoms with E-state index >= 15 is 0 Å². The number of aliphatic hydroxyl groups excluding tert-OH is 1. The second-order valence-electron chi connectivity index (χ2n) is 3.71. The molecule has 0 aromatic heterocycles. The Bertz CT molecular complexity index is 393. The summed E-state index contributed by atoms with van der Waals surface area (Å²) in [4.78, 5) is 0. The van der Waals surface area contributed by atoms with E-state index in [1.807, 2.05) is 13.0 Å². The zero-order chi connectivity index (χ0) is 10.1. The van der Waals surface area contributed by atoms with Crippen molar-refractivity contribution in [1.29, 1.82) is 0 Å². The van der Waals surface area contributed by atoms with Crippen LogP contribution in [0, 0.1) is 5.82 Å². The highest BCUT2D eigenvalue weighted by Gasteiger charge is 2.18. The van der Waals surface area contributed by atoms with E-state index in [4.69, 9.17) is 5.11 Å². The Morgan fingerprint density at radius 1 is 1.43 bits per heavy atom. The molecule has 0 bridgehead atoms. The van der Waals surface area contributed by atoms with Gasteiger partial charge in [-0.1, -0.05) is 11.6 Å². The van der Waals surface area contributed by atoms with Gasteiger partial charge < -0.3 is 5.11 Å². The number of hydrogen-bond donors (Lipinski definition) is 1. The van der Waals surface area contributed by atoms with Crippen molar-refractivity contribution < 1.29 is 9.50 Å². The Morgan fingerprint density at radius 3 is 2.93 bits per heavy atom. The predicted octanol–water partition coefficient (Wildman–Crippen LogP) is 2.54. The predicted molar refractivity (Wildman–Crippen MR) is 54.4 cm³/mol. The standard InChI is InChI=1S/C12H13FO/c1-8-6-9-2-3-10(13)7-12(9)11(8)4-5-14/h2-3,7,14H,4-6H2,1H3. The van der Waals surface area contributed by atoms with Crippen molar-refractivity contribution in [2.75, 3.05) is 6.61 Å². The zero-order valence-corrected chi connectivity index (χ0v) is 8.18. The molecule has 0 unspecified atom stereocenters. The molecule has 1 aliphatic rings. The second kappa shape index (κ2) is 3.54. The molecule has 2 rings (SSSR count). The van der Waals surface area contributed by atoms with Gasteiger partial charge in [0.2, 0.25) is 0 Å². The van der Waals surface area contributed by atoms with E-state index in [-0.39, 0.29) is 12.4 Å². The lowest BCUT2D eigenvalue weighted by Crippen LogP contribution is -1.89. The van der Waals surface area contributed by atoms with Crippen LogP contribution in [0.2, 0.25) is 0 Å². The number of benzene rings is 1. The molecule has 0 saturated heterocycles. The Balaban J connectivity index is 2.45. The zero-order valence-electron chi connectivity index (χ0n) is 8.18. The van der Waals surface area contributed by atoms with Crippen LogP contribution in [0.5, 0.6) is 0 Å². The highest BCUT2D eigenvalue weighted by atomic mass is 19.1.